The molecule has 1 amide bonds. The van der Waals surface area contributed by atoms with Crippen molar-refractivity contribution < 1.29 is 9.53 Å². The molecule has 0 aliphatic heterocycles. The van der Waals surface area contributed by atoms with Gasteiger partial charge >= 0.3 is 0 Å². The summed E-state index contributed by atoms with van der Waals surface area (Å²) in [6.07, 6.45) is 8.41. The molecule has 0 radical (unpaired) electrons. The lowest BCUT2D eigenvalue weighted by Crippen LogP contribution is -2.32. The number of benzene rings is 2. The summed E-state index contributed by atoms with van der Waals surface area (Å²) in [6, 6.07) is 11.7. The SMILES string of the molecule is CCCCOc1ccc(C(=O)N(CCCn2ccnc2)c2nc3cc(C)cc(C)c3s2)cc1.Cl. The highest BCUT2D eigenvalue weighted by molar-refractivity contribution is 7.22. The van der Waals surface area contributed by atoms with Crippen LogP contribution in [0.3, 0.4) is 0 Å². The first-order valence-electron chi connectivity index (χ1n) is 11.4. The van der Waals surface area contributed by atoms with E-state index in [-0.39, 0.29) is 18.3 Å². The molecular formula is C26H31ClN4O2S. The Hall–Kier alpha value is -2.90. The summed E-state index contributed by atoms with van der Waals surface area (Å²) < 4.78 is 8.91. The number of fused-ring (bicyclic) bond motifs is 1. The maximum absolute atomic E-state index is 13.6. The van der Waals surface area contributed by atoms with Crippen LogP contribution < -0.4 is 9.64 Å². The zero-order valence-corrected chi connectivity index (χ0v) is 21.5. The molecule has 2 aromatic heterocycles. The lowest BCUT2D eigenvalue weighted by molar-refractivity contribution is 0.0986. The first kappa shape index (κ1) is 25.7. The van der Waals surface area contributed by atoms with Crippen LogP contribution in [0.2, 0.25) is 0 Å². The molecule has 6 nitrogen and oxygen atoms in total. The molecule has 4 aromatic rings. The summed E-state index contributed by atoms with van der Waals surface area (Å²) in [6.45, 7) is 8.36. The van der Waals surface area contributed by atoms with Gasteiger partial charge in [0, 0.05) is 31.0 Å². The smallest absolute Gasteiger partial charge is 0.260 e. The fourth-order valence-corrected chi connectivity index (χ4v) is 4.82. The molecule has 0 bridgehead atoms. The van der Waals surface area contributed by atoms with Gasteiger partial charge in [-0.1, -0.05) is 30.7 Å². The highest BCUT2D eigenvalue weighted by Gasteiger charge is 2.22. The molecule has 0 saturated carbocycles. The number of aryl methyl sites for hydroxylation is 3. The van der Waals surface area contributed by atoms with E-state index in [9.17, 15) is 4.79 Å². The molecule has 0 unspecified atom stereocenters. The molecule has 0 saturated heterocycles. The first-order valence-corrected chi connectivity index (χ1v) is 12.2. The lowest BCUT2D eigenvalue weighted by Gasteiger charge is -2.20. The fraction of sp³-hybridized carbons (Fsp3) is 0.346. The molecule has 0 N–H and O–H groups in total. The Balaban J connectivity index is 0.00000324. The average molecular weight is 499 g/mol. The van der Waals surface area contributed by atoms with Gasteiger partial charge in [0.05, 0.1) is 23.2 Å². The van der Waals surface area contributed by atoms with Crippen molar-refractivity contribution in [2.75, 3.05) is 18.1 Å². The second kappa shape index (κ2) is 12.0. The number of ether oxygens (including phenoxy) is 1. The Kier molecular flexibility index (Phi) is 9.07. The molecule has 0 aliphatic rings. The van der Waals surface area contributed by atoms with Gasteiger partial charge < -0.3 is 9.30 Å². The Morgan fingerprint density at radius 1 is 1.15 bits per heavy atom. The number of imidazole rings is 1. The number of anilines is 1. The third-order valence-electron chi connectivity index (χ3n) is 5.51. The van der Waals surface area contributed by atoms with Gasteiger partial charge in [-0.05, 0) is 68.1 Å². The predicted molar refractivity (Wildman–Crippen MR) is 142 cm³/mol. The Bertz CT molecular complexity index is 1210. The highest BCUT2D eigenvalue weighted by Crippen LogP contribution is 2.33. The van der Waals surface area contributed by atoms with Crippen molar-refractivity contribution in [1.82, 2.24) is 14.5 Å². The number of halogens is 1. The van der Waals surface area contributed by atoms with Gasteiger partial charge in [-0.25, -0.2) is 9.97 Å². The largest absolute Gasteiger partial charge is 0.494 e. The normalized spacial score (nSPS) is 10.8. The fourth-order valence-electron chi connectivity index (χ4n) is 3.78. The van der Waals surface area contributed by atoms with Gasteiger partial charge in [-0.3, -0.25) is 9.69 Å². The van der Waals surface area contributed by atoms with E-state index in [0.717, 1.165) is 46.9 Å². The van der Waals surface area contributed by atoms with Gasteiger partial charge in [0.2, 0.25) is 0 Å². The van der Waals surface area contributed by atoms with E-state index >= 15 is 0 Å². The molecule has 34 heavy (non-hydrogen) atoms. The number of rotatable bonds is 10. The quantitative estimate of drug-likeness (QED) is 0.236. The van der Waals surface area contributed by atoms with Crippen LogP contribution in [0.15, 0.2) is 55.1 Å². The maximum Gasteiger partial charge on any atom is 0.260 e. The van der Waals surface area contributed by atoms with Crippen molar-refractivity contribution in [2.45, 2.75) is 46.6 Å². The Morgan fingerprint density at radius 3 is 2.65 bits per heavy atom. The van der Waals surface area contributed by atoms with Crippen molar-refractivity contribution in [3.05, 3.63) is 71.8 Å². The standard InChI is InChI=1S/C26H30N4O2S.ClH/c1-4-5-15-32-22-9-7-21(8-10-22)25(31)30(13-6-12-29-14-11-27-18-29)26-28-23-17-19(2)16-20(3)24(23)33-26;/h7-11,14,16-18H,4-6,12-13,15H2,1-3H3;1H. The first-order chi connectivity index (χ1) is 16.0. The number of amides is 1. The maximum atomic E-state index is 13.6. The number of nitrogens with zero attached hydrogens (tertiary/aromatic N) is 4. The molecular weight excluding hydrogens is 468 g/mol. The number of unbranched alkanes of at least 4 members (excludes halogenated alkanes) is 1. The second-order valence-corrected chi connectivity index (χ2v) is 9.24. The van der Waals surface area contributed by atoms with E-state index in [1.807, 2.05) is 39.9 Å². The van der Waals surface area contributed by atoms with E-state index in [4.69, 9.17) is 9.72 Å². The van der Waals surface area contributed by atoms with E-state index in [2.05, 4.69) is 37.9 Å². The summed E-state index contributed by atoms with van der Waals surface area (Å²) in [5.74, 6) is 0.743. The molecule has 0 atom stereocenters. The number of carbonyl (C=O) groups is 1. The summed E-state index contributed by atoms with van der Waals surface area (Å²) in [4.78, 5) is 24.3. The molecule has 0 fully saturated rings. The third kappa shape index (κ3) is 6.15. The van der Waals surface area contributed by atoms with Gasteiger partial charge in [0.1, 0.15) is 5.75 Å². The zero-order chi connectivity index (χ0) is 23.2. The molecule has 0 spiro atoms. The minimum Gasteiger partial charge on any atom is -0.494 e. The molecule has 180 valence electrons. The van der Waals surface area contributed by atoms with Gasteiger partial charge in [0.25, 0.3) is 5.91 Å². The molecule has 2 heterocycles. The van der Waals surface area contributed by atoms with Crippen LogP contribution >= 0.6 is 23.7 Å². The van der Waals surface area contributed by atoms with Crippen molar-refractivity contribution in [1.29, 1.82) is 0 Å². The second-order valence-electron chi connectivity index (χ2n) is 8.26. The number of carbonyl (C=O) groups excluding carboxylic acids is 1. The zero-order valence-electron chi connectivity index (χ0n) is 19.9. The summed E-state index contributed by atoms with van der Waals surface area (Å²) in [5.41, 5.74) is 3.94. The molecule has 8 heteroatoms. The van der Waals surface area contributed by atoms with Crippen LogP contribution in [-0.4, -0.2) is 33.6 Å². The highest BCUT2D eigenvalue weighted by atomic mass is 35.5. The van der Waals surface area contributed by atoms with Crippen LogP contribution in [0.4, 0.5) is 5.13 Å². The summed E-state index contributed by atoms with van der Waals surface area (Å²) in [7, 11) is 0. The van der Waals surface area contributed by atoms with Crippen molar-refractivity contribution in [3.63, 3.8) is 0 Å². The van der Waals surface area contributed by atoms with E-state index < -0.39 is 0 Å². The number of hydrogen-bond donors (Lipinski definition) is 0. The summed E-state index contributed by atoms with van der Waals surface area (Å²) in [5, 5.41) is 0.734. The minimum atomic E-state index is -0.0471. The minimum absolute atomic E-state index is 0. The average Bonchev–Trinajstić information content (AvgIpc) is 3.47. The van der Waals surface area contributed by atoms with Crippen LogP contribution in [0.1, 0.15) is 47.7 Å². The Labute approximate surface area is 211 Å². The van der Waals surface area contributed by atoms with Crippen LogP contribution in [-0.2, 0) is 6.54 Å². The molecule has 4 rings (SSSR count). The number of aromatic nitrogens is 3. The van der Waals surface area contributed by atoms with Gasteiger partial charge in [-0.15, -0.1) is 12.4 Å². The van der Waals surface area contributed by atoms with Gasteiger partial charge in [-0.2, -0.15) is 0 Å². The van der Waals surface area contributed by atoms with E-state index in [0.29, 0.717) is 18.7 Å². The van der Waals surface area contributed by atoms with Crippen molar-refractivity contribution in [3.8, 4) is 5.75 Å². The van der Waals surface area contributed by atoms with Crippen LogP contribution in [0.25, 0.3) is 10.2 Å². The topological polar surface area (TPSA) is 60.2 Å². The van der Waals surface area contributed by atoms with E-state index in [1.54, 1.807) is 23.9 Å². The van der Waals surface area contributed by atoms with Crippen molar-refractivity contribution in [2.24, 2.45) is 0 Å². The van der Waals surface area contributed by atoms with Crippen LogP contribution in [0, 0.1) is 13.8 Å². The summed E-state index contributed by atoms with van der Waals surface area (Å²) >= 11 is 1.58. The number of hydrogen-bond acceptors (Lipinski definition) is 5. The van der Waals surface area contributed by atoms with Crippen LogP contribution in [0.5, 0.6) is 5.75 Å². The van der Waals surface area contributed by atoms with E-state index in [1.165, 1.54) is 11.1 Å². The Morgan fingerprint density at radius 2 is 1.94 bits per heavy atom. The predicted octanol–water partition coefficient (Wildman–Crippen LogP) is 6.45. The monoisotopic (exact) mass is 498 g/mol. The van der Waals surface area contributed by atoms with Crippen molar-refractivity contribution >= 4 is 45.0 Å². The van der Waals surface area contributed by atoms with Gasteiger partial charge in [0.15, 0.2) is 5.13 Å². The lowest BCUT2D eigenvalue weighted by atomic mass is 10.1. The number of thiazole rings is 1. The molecule has 0 aliphatic carbocycles. The third-order valence-corrected chi connectivity index (χ3v) is 6.74. The molecule has 2 aromatic carbocycles.